The van der Waals surface area contributed by atoms with E-state index in [0.717, 1.165) is 83.5 Å². The van der Waals surface area contributed by atoms with Crippen LogP contribution in [0, 0.1) is 11.8 Å². The molecule has 4 amide bonds. The Hall–Kier alpha value is -2.28. The molecule has 12 heteroatoms. The number of carbonyl (C=O) groups excluding carboxylic acids is 4. The maximum Gasteiger partial charge on any atom is 0.417 e. The fraction of sp³-hybridized carbons (Fsp3) is 0.930. The molecule has 2 spiro atoms. The van der Waals surface area contributed by atoms with Gasteiger partial charge in [-0.2, -0.15) is 10.1 Å². The van der Waals surface area contributed by atoms with Crippen LogP contribution >= 0.6 is 0 Å². The van der Waals surface area contributed by atoms with E-state index in [1.807, 2.05) is 0 Å². The van der Waals surface area contributed by atoms with Crippen LogP contribution in [0.5, 0.6) is 0 Å². The molecule has 12 nitrogen and oxygen atoms in total. The highest BCUT2D eigenvalue weighted by Crippen LogP contribution is 2.52. The van der Waals surface area contributed by atoms with Gasteiger partial charge in [0, 0.05) is 59.9 Å². The van der Waals surface area contributed by atoms with E-state index < -0.39 is 45.5 Å². The Morgan fingerprint density at radius 1 is 0.420 bits per heavy atom. The van der Waals surface area contributed by atoms with Gasteiger partial charge in [0.05, 0.1) is 13.2 Å². The topological polar surface area (TPSA) is 118 Å². The number of hydroxylamine groups is 4. The third-order valence-corrected chi connectivity index (χ3v) is 17.2. The van der Waals surface area contributed by atoms with Crippen molar-refractivity contribution in [2.45, 2.75) is 314 Å². The normalized spacial score (nSPS) is 28.5. The molecule has 0 bridgehead atoms. The molecule has 6 fully saturated rings. The third kappa shape index (κ3) is 13.7. The van der Waals surface area contributed by atoms with Crippen molar-refractivity contribution in [3.63, 3.8) is 0 Å². The average Bonchev–Trinajstić information content (AvgIpc) is 3.63. The zero-order valence-corrected chi connectivity index (χ0v) is 45.7. The first-order valence-electron chi connectivity index (χ1n) is 28.7. The van der Waals surface area contributed by atoms with E-state index in [1.165, 1.54) is 99.7 Å². The molecule has 6 aliphatic rings. The van der Waals surface area contributed by atoms with Gasteiger partial charge in [-0.1, -0.05) is 117 Å². The fourth-order valence-corrected chi connectivity index (χ4v) is 14.6. The number of amides is 4. The summed E-state index contributed by atoms with van der Waals surface area (Å²) in [6, 6.07) is -0.285. The minimum Gasteiger partial charge on any atom is -0.432 e. The van der Waals surface area contributed by atoms with E-state index in [0.29, 0.717) is 50.7 Å². The van der Waals surface area contributed by atoms with Crippen molar-refractivity contribution in [3.8, 4) is 0 Å². The molecule has 396 valence electrons. The van der Waals surface area contributed by atoms with Crippen molar-refractivity contribution in [1.82, 2.24) is 19.9 Å². The Morgan fingerprint density at radius 3 is 0.986 bits per heavy atom. The standard InChI is InChI=1S/C57H100N4O8/c1-11-13-15-17-19-21-23-25-27-37-66-60-52(3,4)40-56(41-53(60,5)6)48(62)58(50(64)68-56)46-33-29-44(30-34-46)39-45-31-35-47(36-32-45)59-49(63)57(69-51(59)65)42-54(7,8)61(55(9,10)43-57)67-38-28-26-24-22-20-18-16-14-12-2/h44-47H,11-43H2,1-10H3. The Bertz CT molecular complexity index is 1520. The smallest absolute Gasteiger partial charge is 0.417 e. The molecule has 0 atom stereocenters. The Morgan fingerprint density at radius 2 is 0.696 bits per heavy atom. The largest absolute Gasteiger partial charge is 0.432 e. The lowest BCUT2D eigenvalue weighted by Crippen LogP contribution is -2.67. The van der Waals surface area contributed by atoms with E-state index in [-0.39, 0.29) is 23.9 Å². The molecule has 69 heavy (non-hydrogen) atoms. The molecule has 6 rings (SSSR count). The van der Waals surface area contributed by atoms with Crippen molar-refractivity contribution in [2.75, 3.05) is 13.2 Å². The molecule has 0 aromatic rings. The van der Waals surface area contributed by atoms with Gasteiger partial charge in [-0.05, 0) is 138 Å². The van der Waals surface area contributed by atoms with Crippen LogP contribution in [0.15, 0.2) is 0 Å². The van der Waals surface area contributed by atoms with Crippen molar-refractivity contribution in [1.29, 1.82) is 0 Å². The summed E-state index contributed by atoms with van der Waals surface area (Å²) in [6.45, 7) is 22.7. The summed E-state index contributed by atoms with van der Waals surface area (Å²) in [5.74, 6) is 0.712. The molecule has 0 radical (unpaired) electrons. The number of rotatable bonds is 26. The van der Waals surface area contributed by atoms with Crippen molar-refractivity contribution < 1.29 is 38.3 Å². The van der Waals surface area contributed by atoms with Crippen LogP contribution in [0.3, 0.4) is 0 Å². The first kappa shape index (κ1) is 56.0. The van der Waals surface area contributed by atoms with Crippen molar-refractivity contribution >= 4 is 24.0 Å². The second-order valence-corrected chi connectivity index (χ2v) is 25.5. The summed E-state index contributed by atoms with van der Waals surface area (Å²) in [5.41, 5.74) is -4.35. The number of hydrogen-bond acceptors (Lipinski definition) is 10. The Kier molecular flexibility index (Phi) is 19.6. The number of nitrogens with zero attached hydrogens (tertiary/aromatic N) is 4. The van der Waals surface area contributed by atoms with E-state index in [9.17, 15) is 19.2 Å². The van der Waals surface area contributed by atoms with E-state index >= 15 is 0 Å². The Labute approximate surface area is 419 Å². The van der Waals surface area contributed by atoms with Crippen LogP contribution in [-0.4, -0.2) is 103 Å². The molecule has 4 saturated heterocycles. The first-order valence-corrected chi connectivity index (χ1v) is 28.7. The van der Waals surface area contributed by atoms with Crippen molar-refractivity contribution in [2.24, 2.45) is 11.8 Å². The maximum absolute atomic E-state index is 14.4. The fourth-order valence-electron chi connectivity index (χ4n) is 14.6. The van der Waals surface area contributed by atoms with Gasteiger partial charge in [0.15, 0.2) is 11.2 Å². The van der Waals surface area contributed by atoms with E-state index in [4.69, 9.17) is 19.1 Å². The monoisotopic (exact) mass is 969 g/mol. The summed E-state index contributed by atoms with van der Waals surface area (Å²) in [4.78, 5) is 72.2. The number of hydrogen-bond donors (Lipinski definition) is 0. The summed E-state index contributed by atoms with van der Waals surface area (Å²) < 4.78 is 12.4. The molecule has 0 aromatic heterocycles. The molecule has 4 heterocycles. The average molecular weight is 969 g/mol. The van der Waals surface area contributed by atoms with Crippen LogP contribution in [0.4, 0.5) is 9.59 Å². The highest BCUT2D eigenvalue weighted by atomic mass is 16.7. The molecular formula is C57H100N4O8. The van der Waals surface area contributed by atoms with Gasteiger partial charge in [0.1, 0.15) is 0 Å². The quantitative estimate of drug-likeness (QED) is 0.0775. The summed E-state index contributed by atoms with van der Waals surface area (Å²) in [5, 5.41) is 4.18. The SMILES string of the molecule is CCCCCCCCCCCON1C(C)(C)CC2(CC1(C)C)OC(=O)N(C1CCC(CC3CCC(N4C(=O)OC5(CC(C)(C)N(OCCCCCCCCCCC)C(C)(C)C5)C4=O)CC3)CC1)C2=O. The van der Waals surface area contributed by atoms with E-state index in [2.05, 4.69) is 79.4 Å². The molecule has 0 unspecified atom stereocenters. The predicted molar refractivity (Wildman–Crippen MR) is 273 cm³/mol. The van der Waals surface area contributed by atoms with Gasteiger partial charge in [0.25, 0.3) is 11.8 Å². The molecule has 0 aromatic carbocycles. The number of piperidine rings is 2. The zero-order valence-electron chi connectivity index (χ0n) is 45.7. The van der Waals surface area contributed by atoms with Gasteiger partial charge in [0.2, 0.25) is 0 Å². The van der Waals surface area contributed by atoms with Crippen LogP contribution in [0.1, 0.15) is 268 Å². The lowest BCUT2D eigenvalue weighted by Gasteiger charge is -2.55. The lowest BCUT2D eigenvalue weighted by molar-refractivity contribution is -0.299. The molecule has 2 saturated carbocycles. The molecule has 0 N–H and O–H groups in total. The van der Waals surface area contributed by atoms with Crippen molar-refractivity contribution in [3.05, 3.63) is 0 Å². The van der Waals surface area contributed by atoms with Crippen LogP contribution in [-0.2, 0) is 28.7 Å². The summed E-state index contributed by atoms with van der Waals surface area (Å²) in [6.07, 6.45) is 31.5. The number of unbranched alkanes of at least 4 members (excludes halogenated alkanes) is 16. The summed E-state index contributed by atoms with van der Waals surface area (Å²) in [7, 11) is 0. The minimum absolute atomic E-state index is 0.142. The Balaban J connectivity index is 0.919. The van der Waals surface area contributed by atoms with Crippen LogP contribution in [0.25, 0.3) is 0 Å². The second-order valence-electron chi connectivity index (χ2n) is 25.5. The number of carbonyl (C=O) groups is 4. The third-order valence-electron chi connectivity index (χ3n) is 17.2. The number of imide groups is 2. The molecule has 2 aliphatic carbocycles. The summed E-state index contributed by atoms with van der Waals surface area (Å²) >= 11 is 0. The van der Waals surface area contributed by atoms with Crippen LogP contribution in [0.2, 0.25) is 0 Å². The molecular weight excluding hydrogens is 869 g/mol. The first-order chi connectivity index (χ1) is 32.7. The maximum atomic E-state index is 14.4. The minimum atomic E-state index is -1.18. The van der Waals surface area contributed by atoms with Gasteiger partial charge in [-0.3, -0.25) is 19.3 Å². The van der Waals surface area contributed by atoms with Gasteiger partial charge in [-0.15, -0.1) is 0 Å². The van der Waals surface area contributed by atoms with Crippen LogP contribution < -0.4 is 0 Å². The number of ether oxygens (including phenoxy) is 2. The zero-order chi connectivity index (χ0) is 50.1. The highest BCUT2D eigenvalue weighted by molar-refractivity contribution is 6.04. The van der Waals surface area contributed by atoms with Gasteiger partial charge < -0.3 is 9.47 Å². The van der Waals surface area contributed by atoms with E-state index in [1.54, 1.807) is 0 Å². The highest BCUT2D eigenvalue weighted by Gasteiger charge is 2.66. The molecule has 4 aliphatic heterocycles. The second kappa shape index (κ2) is 24.2. The lowest BCUT2D eigenvalue weighted by atomic mass is 9.71. The van der Waals surface area contributed by atoms with Gasteiger partial charge in [-0.25, -0.2) is 19.4 Å². The van der Waals surface area contributed by atoms with Gasteiger partial charge >= 0.3 is 12.2 Å². The predicted octanol–water partition coefficient (Wildman–Crippen LogP) is 14.2.